The lowest BCUT2D eigenvalue weighted by Gasteiger charge is -2.48. The molecule has 0 saturated carbocycles. The number of fused-ring (bicyclic) bond motifs is 22. The molecule has 1 heterocycles. The highest BCUT2D eigenvalue weighted by atomic mass is 14.7. The van der Waals surface area contributed by atoms with Crippen LogP contribution < -0.4 is 0 Å². The number of aromatic amines is 1. The summed E-state index contributed by atoms with van der Waals surface area (Å²) in [4.78, 5) is 3.82. The number of hydrogen-bond acceptors (Lipinski definition) is 0. The Hall–Kier alpha value is -6.18. The van der Waals surface area contributed by atoms with Crippen molar-refractivity contribution in [2.24, 2.45) is 0 Å². The van der Waals surface area contributed by atoms with Gasteiger partial charge >= 0.3 is 0 Å². The molecular formula is C48H29N. The highest BCUT2D eigenvalue weighted by molar-refractivity contribution is 6.25. The normalized spacial score (nSPS) is 15.3. The van der Waals surface area contributed by atoms with Gasteiger partial charge in [-0.3, -0.25) is 0 Å². The minimum absolute atomic E-state index is 0.426. The second-order valence-electron chi connectivity index (χ2n) is 14.0. The molecule has 1 heteroatoms. The van der Waals surface area contributed by atoms with E-state index in [2.05, 4.69) is 175 Å². The van der Waals surface area contributed by atoms with Crippen molar-refractivity contribution in [2.75, 3.05) is 0 Å². The summed E-state index contributed by atoms with van der Waals surface area (Å²) >= 11 is 0. The summed E-state index contributed by atoms with van der Waals surface area (Å²) in [6.45, 7) is 0. The molecule has 1 N–H and O–H groups in total. The molecule has 8 aromatic carbocycles. The minimum Gasteiger partial charge on any atom is -0.354 e. The van der Waals surface area contributed by atoms with Crippen molar-refractivity contribution in [3.8, 4) is 22.3 Å². The van der Waals surface area contributed by atoms with Crippen LogP contribution in [-0.2, 0) is 10.8 Å². The van der Waals surface area contributed by atoms with Crippen LogP contribution >= 0.6 is 0 Å². The molecule has 0 fully saturated rings. The van der Waals surface area contributed by atoms with E-state index in [1.807, 2.05) is 0 Å². The van der Waals surface area contributed by atoms with E-state index in [0.717, 1.165) is 0 Å². The predicted octanol–water partition coefficient (Wildman–Crippen LogP) is 11.5. The molecule has 12 rings (SSSR count). The summed E-state index contributed by atoms with van der Waals surface area (Å²) in [6, 6.07) is 64.2. The first-order chi connectivity index (χ1) is 24.3. The topological polar surface area (TPSA) is 15.8 Å². The van der Waals surface area contributed by atoms with Gasteiger partial charge in [0.15, 0.2) is 0 Å². The van der Waals surface area contributed by atoms with Gasteiger partial charge in [0.05, 0.1) is 10.8 Å². The Morgan fingerprint density at radius 3 is 1.35 bits per heavy atom. The second kappa shape index (κ2) is 8.83. The Balaban J connectivity index is 1.30. The largest absolute Gasteiger partial charge is 0.354 e. The molecule has 0 saturated heterocycles. The fourth-order valence-electron chi connectivity index (χ4n) is 10.5. The number of hydrogen-bond donors (Lipinski definition) is 1. The Labute approximate surface area is 284 Å². The number of nitrogens with one attached hydrogen (secondary N) is 1. The van der Waals surface area contributed by atoms with Gasteiger partial charge in [0.2, 0.25) is 0 Å². The van der Waals surface area contributed by atoms with Crippen LogP contribution in [0.15, 0.2) is 170 Å². The van der Waals surface area contributed by atoms with Crippen LogP contribution in [0.4, 0.5) is 0 Å². The van der Waals surface area contributed by atoms with Crippen LogP contribution in [0.3, 0.4) is 0 Å². The molecule has 0 atom stereocenters. The molecular weight excluding hydrogens is 591 g/mol. The third-order valence-electron chi connectivity index (χ3n) is 12.1. The van der Waals surface area contributed by atoms with E-state index in [1.165, 1.54) is 99.3 Å². The molecule has 0 amide bonds. The van der Waals surface area contributed by atoms with Crippen molar-refractivity contribution >= 4 is 32.6 Å². The van der Waals surface area contributed by atoms with Gasteiger partial charge in [-0.1, -0.05) is 158 Å². The number of rotatable bonds is 0. The summed E-state index contributed by atoms with van der Waals surface area (Å²) in [7, 11) is 0. The zero-order chi connectivity index (χ0) is 31.9. The van der Waals surface area contributed by atoms with Crippen molar-refractivity contribution in [1.82, 2.24) is 4.98 Å². The minimum atomic E-state index is -0.487. The molecule has 0 radical (unpaired) electrons. The zero-order valence-electron chi connectivity index (χ0n) is 26.7. The van der Waals surface area contributed by atoms with E-state index >= 15 is 0 Å². The average molecular weight is 620 g/mol. The fourth-order valence-corrected chi connectivity index (χ4v) is 10.5. The Bertz CT molecular complexity index is 2810. The van der Waals surface area contributed by atoms with Crippen molar-refractivity contribution in [1.29, 1.82) is 0 Å². The summed E-state index contributed by atoms with van der Waals surface area (Å²) < 4.78 is 0. The lowest BCUT2D eigenvalue weighted by Crippen LogP contribution is -2.43. The lowest BCUT2D eigenvalue weighted by atomic mass is 9.52. The molecule has 226 valence electrons. The Morgan fingerprint density at radius 2 is 0.735 bits per heavy atom. The van der Waals surface area contributed by atoms with Crippen LogP contribution in [-0.4, -0.2) is 4.98 Å². The first kappa shape index (κ1) is 25.9. The smallest absolute Gasteiger partial charge is 0.0720 e. The third-order valence-corrected chi connectivity index (χ3v) is 12.1. The van der Waals surface area contributed by atoms with E-state index in [4.69, 9.17) is 0 Å². The maximum absolute atomic E-state index is 3.82. The molecule has 0 unspecified atom stereocenters. The fraction of sp³-hybridized carbons (Fsp3) is 0.0417. The van der Waals surface area contributed by atoms with Gasteiger partial charge in [-0.2, -0.15) is 0 Å². The van der Waals surface area contributed by atoms with Gasteiger partial charge < -0.3 is 4.98 Å². The third kappa shape index (κ3) is 2.80. The molecule has 49 heavy (non-hydrogen) atoms. The highest BCUT2D eigenvalue weighted by Gasteiger charge is 2.59. The Morgan fingerprint density at radius 1 is 0.306 bits per heavy atom. The number of aromatic nitrogens is 1. The standard InChI is InChI=1S/C48H29N/c1-2-14-30-29(13-1)25-27-42-45(30)46-43(49-42)28-26-41-44(46)33-17-5-8-20-36(33)48(41)39-23-11-9-21-37(39)47(38-22-10-12-24-40(38)48)34-18-6-3-15-31(34)32-16-4-7-19-35(32)47/h1-28,49H. The van der Waals surface area contributed by atoms with Gasteiger partial charge in [0.25, 0.3) is 0 Å². The van der Waals surface area contributed by atoms with E-state index < -0.39 is 10.8 Å². The van der Waals surface area contributed by atoms with Crippen LogP contribution in [0.1, 0.15) is 44.5 Å². The lowest BCUT2D eigenvalue weighted by molar-refractivity contribution is 0.633. The van der Waals surface area contributed by atoms with E-state index in [-0.39, 0.29) is 0 Å². The summed E-state index contributed by atoms with van der Waals surface area (Å²) in [5.74, 6) is 0. The maximum atomic E-state index is 3.82. The van der Waals surface area contributed by atoms with E-state index in [9.17, 15) is 0 Å². The highest BCUT2D eigenvalue weighted by Crippen LogP contribution is 2.68. The van der Waals surface area contributed by atoms with Crippen LogP contribution in [0.25, 0.3) is 54.8 Å². The molecule has 3 aliphatic rings. The van der Waals surface area contributed by atoms with Gasteiger partial charge in [-0.25, -0.2) is 0 Å². The van der Waals surface area contributed by atoms with Crippen molar-refractivity contribution in [3.63, 3.8) is 0 Å². The van der Waals surface area contributed by atoms with Crippen molar-refractivity contribution in [3.05, 3.63) is 214 Å². The molecule has 0 bridgehead atoms. The maximum Gasteiger partial charge on any atom is 0.0720 e. The van der Waals surface area contributed by atoms with Crippen LogP contribution in [0.5, 0.6) is 0 Å². The SMILES string of the molecule is c1ccc2c(c1)-c1ccccc1C21c2ccccc2C2(c3ccccc3-c3c2ccc2[nH]c4ccc5ccccc5c4c32)c2ccccc21. The summed E-state index contributed by atoms with van der Waals surface area (Å²) in [5, 5.41) is 5.19. The van der Waals surface area contributed by atoms with Gasteiger partial charge in [0, 0.05) is 21.8 Å². The first-order valence-electron chi connectivity index (χ1n) is 17.3. The summed E-state index contributed by atoms with van der Waals surface area (Å²) in [5.41, 5.74) is 17.8. The zero-order valence-corrected chi connectivity index (χ0v) is 26.7. The molecule has 3 aliphatic carbocycles. The predicted molar refractivity (Wildman–Crippen MR) is 201 cm³/mol. The number of benzene rings is 8. The molecule has 9 aromatic rings. The van der Waals surface area contributed by atoms with Crippen LogP contribution in [0.2, 0.25) is 0 Å². The average Bonchev–Trinajstić information content (AvgIpc) is 3.80. The first-order valence-corrected chi connectivity index (χ1v) is 17.3. The quantitative estimate of drug-likeness (QED) is 0.174. The van der Waals surface area contributed by atoms with Crippen molar-refractivity contribution in [2.45, 2.75) is 10.8 Å². The Kier molecular flexibility index (Phi) is 4.66. The summed E-state index contributed by atoms with van der Waals surface area (Å²) in [6.07, 6.45) is 0. The molecule has 0 aliphatic heterocycles. The monoisotopic (exact) mass is 619 g/mol. The van der Waals surface area contributed by atoms with Gasteiger partial charge in [-0.05, 0) is 89.7 Å². The van der Waals surface area contributed by atoms with Gasteiger partial charge in [-0.15, -0.1) is 0 Å². The van der Waals surface area contributed by atoms with E-state index in [1.54, 1.807) is 0 Å². The molecule has 1 nitrogen and oxygen atoms in total. The molecule has 1 aromatic heterocycles. The van der Waals surface area contributed by atoms with Gasteiger partial charge in [0.1, 0.15) is 0 Å². The van der Waals surface area contributed by atoms with Crippen molar-refractivity contribution < 1.29 is 0 Å². The molecule has 2 spiro atoms. The van der Waals surface area contributed by atoms with Crippen LogP contribution in [0, 0.1) is 0 Å². The van der Waals surface area contributed by atoms with E-state index in [0.29, 0.717) is 0 Å². The number of H-pyrrole nitrogens is 1. The second-order valence-corrected chi connectivity index (χ2v) is 14.0.